The van der Waals surface area contributed by atoms with Gasteiger partial charge in [-0.05, 0) is 18.2 Å². The number of aromatic nitrogens is 4. The van der Waals surface area contributed by atoms with Crippen molar-refractivity contribution >= 4 is 32.5 Å². The van der Waals surface area contributed by atoms with Crippen LogP contribution in [0.5, 0.6) is 0 Å². The topological polar surface area (TPSA) is 63.0 Å². The number of hydrogen-bond acceptors (Lipinski definition) is 3. The van der Waals surface area contributed by atoms with E-state index in [4.69, 9.17) is 0 Å². The van der Waals surface area contributed by atoms with Crippen LogP contribution < -0.4 is 5.69 Å². The van der Waals surface area contributed by atoms with Gasteiger partial charge in [-0.15, -0.1) is 0 Å². The molecule has 0 radical (unpaired) electrons. The molecule has 1 aromatic carbocycles. The molecule has 3 aromatic rings. The van der Waals surface area contributed by atoms with Gasteiger partial charge in [0.15, 0.2) is 0 Å². The predicted molar refractivity (Wildman–Crippen MR) is 58.8 cm³/mol. The monoisotopic (exact) mass is 264 g/mol. The third-order valence-electron chi connectivity index (χ3n) is 2.20. The zero-order valence-corrected chi connectivity index (χ0v) is 9.02. The van der Waals surface area contributed by atoms with E-state index in [0.29, 0.717) is 11.2 Å². The van der Waals surface area contributed by atoms with Gasteiger partial charge in [-0.3, -0.25) is 0 Å². The highest BCUT2D eigenvalue weighted by Crippen LogP contribution is 2.19. The third-order valence-corrected chi connectivity index (χ3v) is 2.69. The summed E-state index contributed by atoms with van der Waals surface area (Å²) in [5.41, 5.74) is 0.944. The lowest BCUT2D eigenvalue weighted by Crippen LogP contribution is -2.17. The van der Waals surface area contributed by atoms with Crippen molar-refractivity contribution in [2.45, 2.75) is 0 Å². The van der Waals surface area contributed by atoms with E-state index in [1.165, 1.54) is 10.8 Å². The smallest absolute Gasteiger partial charge is 0.329 e. The number of nitrogens with one attached hydrogen (secondary N) is 1. The van der Waals surface area contributed by atoms with E-state index >= 15 is 0 Å². The van der Waals surface area contributed by atoms with Crippen LogP contribution in [0, 0.1) is 0 Å². The maximum atomic E-state index is 11.5. The summed E-state index contributed by atoms with van der Waals surface area (Å²) in [6.07, 6.45) is 1.47. The molecule has 15 heavy (non-hydrogen) atoms. The molecule has 2 heterocycles. The van der Waals surface area contributed by atoms with E-state index in [9.17, 15) is 4.79 Å². The van der Waals surface area contributed by atoms with E-state index in [-0.39, 0.29) is 5.69 Å². The van der Waals surface area contributed by atoms with E-state index in [2.05, 4.69) is 31.0 Å². The Morgan fingerprint density at radius 2 is 2.27 bits per heavy atom. The van der Waals surface area contributed by atoms with Gasteiger partial charge in [-0.2, -0.15) is 14.6 Å². The SMILES string of the molecule is O=c1nc2ccc(Br)cc2c2[nH]cnn12. The third kappa shape index (κ3) is 1.18. The second kappa shape index (κ2) is 2.90. The van der Waals surface area contributed by atoms with E-state index in [1.54, 1.807) is 6.07 Å². The van der Waals surface area contributed by atoms with Gasteiger partial charge in [0.1, 0.15) is 12.0 Å². The maximum absolute atomic E-state index is 11.5. The molecular weight excluding hydrogens is 260 g/mol. The van der Waals surface area contributed by atoms with Crippen LogP contribution in [0.4, 0.5) is 0 Å². The molecule has 0 aliphatic carbocycles. The van der Waals surface area contributed by atoms with E-state index in [1.807, 2.05) is 12.1 Å². The van der Waals surface area contributed by atoms with Crippen molar-refractivity contribution in [1.82, 2.24) is 19.6 Å². The summed E-state index contributed by atoms with van der Waals surface area (Å²) < 4.78 is 2.18. The lowest BCUT2D eigenvalue weighted by Gasteiger charge is -1.98. The summed E-state index contributed by atoms with van der Waals surface area (Å²) >= 11 is 3.38. The maximum Gasteiger partial charge on any atom is 0.370 e. The minimum Gasteiger partial charge on any atom is -0.329 e. The zero-order valence-electron chi connectivity index (χ0n) is 7.44. The second-order valence-electron chi connectivity index (χ2n) is 3.11. The molecule has 0 aliphatic heterocycles. The van der Waals surface area contributed by atoms with Crippen LogP contribution in [0.25, 0.3) is 16.6 Å². The first kappa shape index (κ1) is 8.60. The van der Waals surface area contributed by atoms with E-state index in [0.717, 1.165) is 9.86 Å². The minimum absolute atomic E-state index is 0.374. The van der Waals surface area contributed by atoms with Gasteiger partial charge < -0.3 is 4.98 Å². The Morgan fingerprint density at radius 3 is 3.13 bits per heavy atom. The lowest BCUT2D eigenvalue weighted by molar-refractivity contribution is 0.881. The number of aromatic amines is 1. The molecule has 3 rings (SSSR count). The molecule has 0 saturated carbocycles. The normalized spacial score (nSPS) is 11.3. The molecule has 0 saturated heterocycles. The second-order valence-corrected chi connectivity index (χ2v) is 4.02. The summed E-state index contributed by atoms with van der Waals surface area (Å²) in [5, 5.41) is 4.73. The zero-order chi connectivity index (χ0) is 10.4. The number of rotatable bonds is 0. The van der Waals surface area contributed by atoms with Crippen molar-refractivity contribution < 1.29 is 0 Å². The van der Waals surface area contributed by atoms with Crippen LogP contribution >= 0.6 is 15.9 Å². The molecule has 0 atom stereocenters. The number of H-pyrrole nitrogens is 1. The first-order chi connectivity index (χ1) is 7.25. The van der Waals surface area contributed by atoms with Crippen molar-refractivity contribution in [2.75, 3.05) is 0 Å². The van der Waals surface area contributed by atoms with E-state index < -0.39 is 0 Å². The van der Waals surface area contributed by atoms with Crippen LogP contribution in [0.3, 0.4) is 0 Å². The molecule has 1 N–H and O–H groups in total. The van der Waals surface area contributed by atoms with Gasteiger partial charge in [0.05, 0.1) is 5.52 Å². The molecule has 0 spiro atoms. The average Bonchev–Trinajstić information content (AvgIpc) is 2.69. The van der Waals surface area contributed by atoms with Gasteiger partial charge >= 0.3 is 5.69 Å². The molecule has 74 valence electrons. The molecule has 0 aliphatic rings. The van der Waals surface area contributed by atoms with Crippen molar-refractivity contribution in [3.8, 4) is 0 Å². The molecule has 0 unspecified atom stereocenters. The average molecular weight is 265 g/mol. The van der Waals surface area contributed by atoms with Crippen LogP contribution in [-0.2, 0) is 0 Å². The van der Waals surface area contributed by atoms with Crippen molar-refractivity contribution in [3.05, 3.63) is 39.5 Å². The Balaban J connectivity index is 2.67. The molecule has 0 amide bonds. The Kier molecular flexibility index (Phi) is 1.66. The fourth-order valence-electron chi connectivity index (χ4n) is 1.55. The Bertz CT molecular complexity index is 715. The highest BCUT2D eigenvalue weighted by Gasteiger charge is 2.06. The number of nitrogens with zero attached hydrogens (tertiary/aromatic N) is 3. The Hall–Kier alpha value is -1.69. The Labute approximate surface area is 91.9 Å². The minimum atomic E-state index is -0.374. The summed E-state index contributed by atoms with van der Waals surface area (Å²) in [7, 11) is 0. The summed E-state index contributed by atoms with van der Waals surface area (Å²) in [5.74, 6) is 0. The van der Waals surface area contributed by atoms with Crippen molar-refractivity contribution in [3.63, 3.8) is 0 Å². The molecule has 5 nitrogen and oxygen atoms in total. The number of halogens is 1. The molecule has 2 aromatic heterocycles. The van der Waals surface area contributed by atoms with Gasteiger partial charge in [0.25, 0.3) is 0 Å². The summed E-state index contributed by atoms with van der Waals surface area (Å²) in [4.78, 5) is 18.3. The van der Waals surface area contributed by atoms with Crippen LogP contribution in [0.15, 0.2) is 33.8 Å². The largest absolute Gasteiger partial charge is 0.370 e. The summed E-state index contributed by atoms with van der Waals surface area (Å²) in [6.45, 7) is 0. The molecular formula is C9H5BrN4O. The predicted octanol–water partition coefficient (Wildman–Crippen LogP) is 1.33. The van der Waals surface area contributed by atoms with Crippen molar-refractivity contribution in [2.24, 2.45) is 0 Å². The Morgan fingerprint density at radius 1 is 1.40 bits per heavy atom. The van der Waals surface area contributed by atoms with Gasteiger partial charge in [-0.1, -0.05) is 15.9 Å². The molecule has 0 bridgehead atoms. The fourth-order valence-corrected chi connectivity index (χ4v) is 1.91. The molecule has 6 heteroatoms. The number of hydrogen-bond donors (Lipinski definition) is 1. The van der Waals surface area contributed by atoms with Crippen LogP contribution in [0.1, 0.15) is 0 Å². The number of fused-ring (bicyclic) bond motifs is 3. The van der Waals surface area contributed by atoms with Gasteiger partial charge in [0, 0.05) is 9.86 Å². The summed E-state index contributed by atoms with van der Waals surface area (Å²) in [6, 6.07) is 5.54. The van der Waals surface area contributed by atoms with Crippen molar-refractivity contribution in [1.29, 1.82) is 0 Å². The number of benzene rings is 1. The first-order valence-electron chi connectivity index (χ1n) is 4.27. The van der Waals surface area contributed by atoms with Crippen LogP contribution in [-0.4, -0.2) is 19.6 Å². The highest BCUT2D eigenvalue weighted by molar-refractivity contribution is 9.10. The van der Waals surface area contributed by atoms with Gasteiger partial charge in [0.2, 0.25) is 0 Å². The standard InChI is InChI=1S/C9H5BrN4O/c10-5-1-2-7-6(3-5)8-11-4-12-14(8)9(15)13-7/h1-4H,(H,11,12). The lowest BCUT2D eigenvalue weighted by atomic mass is 10.2. The fraction of sp³-hybridized carbons (Fsp3) is 0. The first-order valence-corrected chi connectivity index (χ1v) is 5.07. The van der Waals surface area contributed by atoms with Gasteiger partial charge in [-0.25, -0.2) is 4.79 Å². The van der Waals surface area contributed by atoms with Crippen LogP contribution in [0.2, 0.25) is 0 Å². The quantitative estimate of drug-likeness (QED) is 0.667. The highest BCUT2D eigenvalue weighted by atomic mass is 79.9. The molecule has 0 fully saturated rings.